The summed E-state index contributed by atoms with van der Waals surface area (Å²) in [6, 6.07) is 9.69. The fourth-order valence-corrected chi connectivity index (χ4v) is 6.67. The fraction of sp³-hybridized carbons (Fsp3) is 0.448. The lowest BCUT2D eigenvalue weighted by Crippen LogP contribution is -2.35. The second-order valence-electron chi connectivity index (χ2n) is 10.8. The minimum atomic E-state index is -1.03. The molecule has 5 N–H and O–H groups in total. The fourth-order valence-electron chi connectivity index (χ4n) is 5.60. The number of aliphatic hydroxyl groups is 3. The van der Waals surface area contributed by atoms with E-state index in [9.17, 15) is 15.3 Å². The molecule has 9 nitrogen and oxygen atoms in total. The lowest BCUT2D eigenvalue weighted by atomic mass is 10.0. The van der Waals surface area contributed by atoms with Crippen molar-refractivity contribution >= 4 is 45.7 Å². The summed E-state index contributed by atoms with van der Waals surface area (Å²) in [5.74, 6) is 1.07. The van der Waals surface area contributed by atoms with Gasteiger partial charge in [-0.2, -0.15) is 4.98 Å². The average Bonchev–Trinajstić information content (AvgIpc) is 3.61. The maximum Gasteiger partial charge on any atom is 0.225 e. The Balaban J connectivity index is 0.00000323. The van der Waals surface area contributed by atoms with Gasteiger partial charge in [0.15, 0.2) is 0 Å². The first-order chi connectivity index (χ1) is 18.8. The SMILES string of the molecule is Cc1ccccc1[C@@H](C)Nc1nc(C)c(-c2nc3c(C4CC4)nccc3s2)c(N[C@@H]2C[C@H](CO)[C@@H](O)[C@H]2O)n1.Cl. The maximum absolute atomic E-state index is 10.8. The molecule has 40 heavy (non-hydrogen) atoms. The number of fused-ring (bicyclic) bond motifs is 1. The van der Waals surface area contributed by atoms with E-state index in [0.717, 1.165) is 50.6 Å². The second-order valence-corrected chi connectivity index (χ2v) is 11.9. The Labute approximate surface area is 243 Å². The van der Waals surface area contributed by atoms with Gasteiger partial charge in [-0.1, -0.05) is 24.3 Å². The number of thiazole rings is 1. The van der Waals surface area contributed by atoms with Crippen LogP contribution in [0.25, 0.3) is 20.8 Å². The zero-order chi connectivity index (χ0) is 27.3. The van der Waals surface area contributed by atoms with Gasteiger partial charge in [0.05, 0.1) is 39.8 Å². The van der Waals surface area contributed by atoms with Crippen LogP contribution in [-0.4, -0.2) is 60.1 Å². The molecule has 0 saturated heterocycles. The monoisotopic (exact) mass is 582 g/mol. The van der Waals surface area contributed by atoms with Gasteiger partial charge in [0.25, 0.3) is 0 Å². The molecule has 212 valence electrons. The quantitative estimate of drug-likeness (QED) is 0.199. The standard InChI is InChI=1S/C29H34N6O3S.ClH/c1-14-6-4-5-7-19(14)15(2)31-29-32-16(3)22(27(35-29)33-20-12-18(13-36)25(37)26(20)38)28-34-24-21(39-28)10-11-30-23(24)17-8-9-17;/h4-7,10-11,15,17-18,20,25-26,36-38H,8-9,12-13H2,1-3H3,(H2,31,32,33,35);1H/t15-,18-,20-,25-,26+;/m1./s1. The van der Waals surface area contributed by atoms with Crippen molar-refractivity contribution in [2.24, 2.45) is 5.92 Å². The number of pyridine rings is 1. The molecule has 2 aliphatic rings. The van der Waals surface area contributed by atoms with Gasteiger partial charge in [0.1, 0.15) is 22.4 Å². The molecule has 0 unspecified atom stereocenters. The van der Waals surface area contributed by atoms with Crippen LogP contribution in [-0.2, 0) is 0 Å². The van der Waals surface area contributed by atoms with E-state index in [1.165, 1.54) is 5.56 Å². The zero-order valence-corrected chi connectivity index (χ0v) is 24.3. The third-order valence-electron chi connectivity index (χ3n) is 7.96. The Morgan fingerprint density at radius 1 is 1.05 bits per heavy atom. The van der Waals surface area contributed by atoms with Crippen molar-refractivity contribution in [1.29, 1.82) is 0 Å². The van der Waals surface area contributed by atoms with Crippen LogP contribution in [0, 0.1) is 19.8 Å². The first-order valence-electron chi connectivity index (χ1n) is 13.5. The summed E-state index contributed by atoms with van der Waals surface area (Å²) < 4.78 is 1.07. The lowest BCUT2D eigenvalue weighted by Gasteiger charge is -2.22. The molecule has 0 radical (unpaired) electrons. The molecule has 2 saturated carbocycles. The van der Waals surface area contributed by atoms with Crippen molar-refractivity contribution < 1.29 is 15.3 Å². The summed E-state index contributed by atoms with van der Waals surface area (Å²) in [5, 5.41) is 38.5. The number of halogens is 1. The number of benzene rings is 1. The van der Waals surface area contributed by atoms with Crippen molar-refractivity contribution in [2.75, 3.05) is 17.2 Å². The number of aryl methyl sites for hydroxylation is 2. The minimum absolute atomic E-state index is 0. The molecule has 0 aliphatic heterocycles. The van der Waals surface area contributed by atoms with Crippen LogP contribution in [0.2, 0.25) is 0 Å². The Bertz CT molecular complexity index is 1510. The number of nitrogens with one attached hydrogen (secondary N) is 2. The summed E-state index contributed by atoms with van der Waals surface area (Å²) in [6.45, 7) is 5.90. The second kappa shape index (κ2) is 11.5. The topological polar surface area (TPSA) is 136 Å². The van der Waals surface area contributed by atoms with Gasteiger partial charge in [-0.25, -0.2) is 9.97 Å². The zero-order valence-electron chi connectivity index (χ0n) is 22.7. The van der Waals surface area contributed by atoms with Crippen molar-refractivity contribution in [2.45, 2.75) is 70.2 Å². The molecular weight excluding hydrogens is 548 g/mol. The highest BCUT2D eigenvalue weighted by Crippen LogP contribution is 2.44. The van der Waals surface area contributed by atoms with Gasteiger partial charge in [-0.15, -0.1) is 23.7 Å². The molecule has 0 bridgehead atoms. The highest BCUT2D eigenvalue weighted by Gasteiger charge is 2.41. The van der Waals surface area contributed by atoms with E-state index >= 15 is 0 Å². The van der Waals surface area contributed by atoms with Gasteiger partial charge < -0.3 is 26.0 Å². The Hall–Kier alpha value is -2.89. The molecule has 3 heterocycles. The summed E-state index contributed by atoms with van der Waals surface area (Å²) in [6.07, 6.45) is 2.51. The minimum Gasteiger partial charge on any atom is -0.396 e. The smallest absolute Gasteiger partial charge is 0.225 e. The number of hydrogen-bond donors (Lipinski definition) is 5. The first-order valence-corrected chi connectivity index (χ1v) is 14.4. The highest BCUT2D eigenvalue weighted by atomic mass is 35.5. The Morgan fingerprint density at radius 3 is 2.52 bits per heavy atom. The van der Waals surface area contributed by atoms with Crippen molar-refractivity contribution in [3.63, 3.8) is 0 Å². The van der Waals surface area contributed by atoms with Gasteiger partial charge >= 0.3 is 0 Å². The molecule has 0 amide bonds. The van der Waals surface area contributed by atoms with E-state index in [1.54, 1.807) is 11.3 Å². The van der Waals surface area contributed by atoms with E-state index in [2.05, 4.69) is 41.6 Å². The van der Waals surface area contributed by atoms with Crippen LogP contribution in [0.15, 0.2) is 36.5 Å². The molecule has 4 aromatic rings. The van der Waals surface area contributed by atoms with Crippen molar-refractivity contribution in [1.82, 2.24) is 19.9 Å². The maximum atomic E-state index is 10.8. The normalized spacial score (nSPS) is 23.1. The van der Waals surface area contributed by atoms with Crippen LogP contribution in [0.5, 0.6) is 0 Å². The molecule has 11 heteroatoms. The number of hydrogen-bond acceptors (Lipinski definition) is 10. The predicted molar refractivity (Wildman–Crippen MR) is 160 cm³/mol. The van der Waals surface area contributed by atoms with Crippen LogP contribution >= 0.6 is 23.7 Å². The molecule has 1 aromatic carbocycles. The number of nitrogens with zero attached hydrogens (tertiary/aromatic N) is 4. The lowest BCUT2D eigenvalue weighted by molar-refractivity contribution is 0.00446. The molecule has 2 aliphatic carbocycles. The molecule has 6 rings (SSSR count). The molecule has 3 aromatic heterocycles. The van der Waals surface area contributed by atoms with Crippen LogP contribution in [0.4, 0.5) is 11.8 Å². The number of rotatable bonds is 8. The van der Waals surface area contributed by atoms with Gasteiger partial charge in [0.2, 0.25) is 5.95 Å². The number of aliphatic hydroxyl groups excluding tert-OH is 3. The van der Waals surface area contributed by atoms with Crippen LogP contribution in [0.3, 0.4) is 0 Å². The Morgan fingerprint density at radius 2 is 1.82 bits per heavy atom. The van der Waals surface area contributed by atoms with E-state index in [4.69, 9.17) is 15.0 Å². The van der Waals surface area contributed by atoms with Crippen molar-refractivity contribution in [3.05, 3.63) is 59.0 Å². The molecule has 5 atom stereocenters. The number of anilines is 2. The van der Waals surface area contributed by atoms with E-state index < -0.39 is 24.2 Å². The summed E-state index contributed by atoms with van der Waals surface area (Å²) in [4.78, 5) is 19.3. The first kappa shape index (κ1) is 28.6. The highest BCUT2D eigenvalue weighted by molar-refractivity contribution is 7.21. The summed E-state index contributed by atoms with van der Waals surface area (Å²) >= 11 is 1.58. The van der Waals surface area contributed by atoms with Crippen LogP contribution in [0.1, 0.15) is 60.7 Å². The molecule has 0 spiro atoms. The van der Waals surface area contributed by atoms with E-state index in [0.29, 0.717) is 24.1 Å². The largest absolute Gasteiger partial charge is 0.396 e. The summed E-state index contributed by atoms with van der Waals surface area (Å²) in [7, 11) is 0. The molecular formula is C29H35ClN6O3S. The van der Waals surface area contributed by atoms with E-state index in [1.807, 2.05) is 31.3 Å². The molecule has 2 fully saturated rings. The van der Waals surface area contributed by atoms with Crippen LogP contribution < -0.4 is 10.6 Å². The van der Waals surface area contributed by atoms with E-state index in [-0.39, 0.29) is 25.1 Å². The summed E-state index contributed by atoms with van der Waals surface area (Å²) in [5.41, 5.74) is 5.83. The van der Waals surface area contributed by atoms with Crippen molar-refractivity contribution in [3.8, 4) is 10.6 Å². The Kier molecular flexibility index (Phi) is 8.26. The van der Waals surface area contributed by atoms with Gasteiger partial charge in [-0.05, 0) is 57.2 Å². The van der Waals surface area contributed by atoms with Gasteiger partial charge in [-0.3, -0.25) is 4.98 Å². The average molecular weight is 583 g/mol. The third-order valence-corrected chi connectivity index (χ3v) is 9.00. The third kappa shape index (κ3) is 5.38. The predicted octanol–water partition coefficient (Wildman–Crippen LogP) is 4.75. The number of aromatic nitrogens is 4. The van der Waals surface area contributed by atoms with Gasteiger partial charge in [0, 0.05) is 24.6 Å².